The monoisotopic (exact) mass is 395 g/mol. The van der Waals surface area contributed by atoms with E-state index in [9.17, 15) is 9.00 Å². The summed E-state index contributed by atoms with van der Waals surface area (Å²) in [4.78, 5) is 13.1. The summed E-state index contributed by atoms with van der Waals surface area (Å²) in [7, 11) is -1.51. The van der Waals surface area contributed by atoms with E-state index in [0.29, 0.717) is 21.9 Å². The van der Waals surface area contributed by atoms with Crippen molar-refractivity contribution < 1.29 is 8.73 Å². The number of nitrogens with zero attached hydrogens (tertiary/aromatic N) is 2. The number of rotatable bonds is 6. The quantitative estimate of drug-likeness (QED) is 0.623. The highest BCUT2D eigenvalue weighted by molar-refractivity contribution is 7.86. The summed E-state index contributed by atoms with van der Waals surface area (Å²) in [5.74, 6) is 0.387. The van der Waals surface area contributed by atoms with Crippen molar-refractivity contribution >= 4 is 33.4 Å². The van der Waals surface area contributed by atoms with Crippen molar-refractivity contribution in [2.24, 2.45) is 0 Å². The van der Waals surface area contributed by atoms with E-state index < -0.39 is 11.0 Å². The Bertz CT molecular complexity index is 1170. The van der Waals surface area contributed by atoms with Gasteiger partial charge in [-0.15, -0.1) is 0 Å². The predicted molar refractivity (Wildman–Crippen MR) is 113 cm³/mol. The van der Waals surface area contributed by atoms with Crippen LogP contribution in [0.25, 0.3) is 16.6 Å². The Balaban J connectivity index is 2.09. The molecule has 1 aromatic carbocycles. The third kappa shape index (κ3) is 4.04. The van der Waals surface area contributed by atoms with Crippen LogP contribution in [0, 0.1) is 0 Å². The first-order chi connectivity index (χ1) is 13.4. The van der Waals surface area contributed by atoms with Crippen LogP contribution in [0.3, 0.4) is 0 Å². The number of fused-ring (bicyclic) bond motifs is 1. The lowest BCUT2D eigenvalue weighted by molar-refractivity contribution is 0.423. The lowest BCUT2D eigenvalue weighted by atomic mass is 10.1. The second kappa shape index (κ2) is 8.22. The molecule has 0 aliphatic heterocycles. The maximum atomic E-state index is 12.6. The van der Waals surface area contributed by atoms with Crippen molar-refractivity contribution in [2.75, 3.05) is 4.72 Å². The Morgan fingerprint density at radius 1 is 1.21 bits per heavy atom. The topological polar surface area (TPSA) is 77.1 Å². The van der Waals surface area contributed by atoms with Gasteiger partial charge in [-0.2, -0.15) is 0 Å². The second-order valence-electron chi connectivity index (χ2n) is 6.44. The summed E-state index contributed by atoms with van der Waals surface area (Å²) in [6.45, 7) is 9.88. The zero-order valence-corrected chi connectivity index (χ0v) is 16.7. The van der Waals surface area contributed by atoms with Gasteiger partial charge in [0.15, 0.2) is 16.8 Å². The lowest BCUT2D eigenvalue weighted by Gasteiger charge is -2.13. The molecule has 28 heavy (non-hydrogen) atoms. The molecule has 0 amide bonds. The molecule has 0 aliphatic rings. The van der Waals surface area contributed by atoms with Crippen LogP contribution in [0.4, 0.5) is 5.82 Å². The molecule has 6 nitrogen and oxygen atoms in total. The van der Waals surface area contributed by atoms with E-state index in [2.05, 4.69) is 16.5 Å². The summed E-state index contributed by atoms with van der Waals surface area (Å²) >= 11 is 0. The number of hydrogen-bond acceptors (Lipinski definition) is 4. The summed E-state index contributed by atoms with van der Waals surface area (Å²) in [5, 5.41) is 4.49. The minimum absolute atomic E-state index is 0.158. The van der Waals surface area contributed by atoms with Crippen molar-refractivity contribution in [3.63, 3.8) is 0 Å². The van der Waals surface area contributed by atoms with Gasteiger partial charge in [-0.3, -0.25) is 14.1 Å². The Kier molecular flexibility index (Phi) is 5.75. The predicted octanol–water partition coefficient (Wildman–Crippen LogP) is 4.51. The summed E-state index contributed by atoms with van der Waals surface area (Å²) < 4.78 is 21.6. The molecule has 0 bridgehead atoms. The van der Waals surface area contributed by atoms with Crippen LogP contribution in [0.5, 0.6) is 0 Å². The molecule has 3 aromatic rings. The Morgan fingerprint density at radius 3 is 2.64 bits per heavy atom. The number of aromatic nitrogens is 2. The fourth-order valence-electron chi connectivity index (χ4n) is 2.61. The largest absolute Gasteiger partial charge is 0.363 e. The third-order valence-corrected chi connectivity index (χ3v) is 5.41. The molecule has 0 fully saturated rings. The van der Waals surface area contributed by atoms with Gasteiger partial charge in [-0.05, 0) is 57.2 Å². The Morgan fingerprint density at radius 2 is 2.00 bits per heavy atom. The molecular weight excluding hydrogens is 374 g/mol. The molecule has 0 aliphatic carbocycles. The maximum absolute atomic E-state index is 12.6. The van der Waals surface area contributed by atoms with E-state index in [0.717, 1.165) is 16.5 Å². The zero-order valence-electron chi connectivity index (χ0n) is 15.9. The second-order valence-corrected chi connectivity index (χ2v) is 7.65. The average Bonchev–Trinajstić information content (AvgIpc) is 3.18. The molecule has 3 rings (SSSR count). The number of pyridine rings is 1. The fraction of sp³-hybridized carbons (Fsp3) is 0.143. The number of benzene rings is 1. The number of anilines is 1. The van der Waals surface area contributed by atoms with Gasteiger partial charge in [0, 0.05) is 23.2 Å². The van der Waals surface area contributed by atoms with Crippen molar-refractivity contribution in [1.29, 1.82) is 0 Å². The van der Waals surface area contributed by atoms with Gasteiger partial charge in [0.2, 0.25) is 0 Å². The molecule has 144 valence electrons. The van der Waals surface area contributed by atoms with Crippen LogP contribution in [-0.4, -0.2) is 13.9 Å². The molecule has 0 spiro atoms. The van der Waals surface area contributed by atoms with Gasteiger partial charge < -0.3 is 4.52 Å². The highest BCUT2D eigenvalue weighted by atomic mass is 32.2. The normalized spacial score (nSPS) is 12.6. The van der Waals surface area contributed by atoms with Crippen LogP contribution >= 0.6 is 0 Å². The lowest BCUT2D eigenvalue weighted by Crippen LogP contribution is -2.18. The molecule has 0 saturated heterocycles. The van der Waals surface area contributed by atoms with E-state index in [1.165, 1.54) is 12.3 Å². The highest BCUT2D eigenvalue weighted by Gasteiger charge is 2.11. The van der Waals surface area contributed by atoms with Gasteiger partial charge in [0.1, 0.15) is 6.26 Å². The van der Waals surface area contributed by atoms with Crippen molar-refractivity contribution in [2.45, 2.75) is 25.7 Å². The molecule has 0 radical (unpaired) electrons. The van der Waals surface area contributed by atoms with Crippen LogP contribution in [-0.2, 0) is 11.0 Å². The SMILES string of the molecule is C=C/C(=C\C(C)=C(C)C)n1c(=O)ccc2cc(S(=O)Nc3ccon3)ccc21. The zero-order chi connectivity index (χ0) is 20.3. The minimum Gasteiger partial charge on any atom is -0.363 e. The molecule has 0 saturated carbocycles. The van der Waals surface area contributed by atoms with Crippen molar-refractivity contribution in [3.05, 3.63) is 82.9 Å². The first kappa shape index (κ1) is 19.6. The summed E-state index contributed by atoms with van der Waals surface area (Å²) in [6.07, 6.45) is 4.99. The Hall–Kier alpha value is -3.19. The molecule has 7 heteroatoms. The molecule has 2 heterocycles. The standard InChI is InChI=1S/C21H21N3O3S/c1-5-17(12-15(4)14(2)3)24-19-8-7-18(13-16(19)6-9-21(24)25)28(26)23-20-10-11-27-22-20/h5-13H,1H2,2-4H3,(H,22,23)/b17-12+. The van der Waals surface area contributed by atoms with Crippen molar-refractivity contribution in [1.82, 2.24) is 9.72 Å². The van der Waals surface area contributed by atoms with E-state index in [-0.39, 0.29) is 5.56 Å². The van der Waals surface area contributed by atoms with E-state index in [4.69, 9.17) is 4.52 Å². The van der Waals surface area contributed by atoms with Gasteiger partial charge in [0.05, 0.1) is 10.4 Å². The van der Waals surface area contributed by atoms with E-state index in [1.54, 1.807) is 41.0 Å². The fourth-order valence-corrected chi connectivity index (χ4v) is 3.44. The minimum atomic E-state index is -1.51. The number of nitrogens with one attached hydrogen (secondary N) is 1. The Labute approximate surface area is 165 Å². The number of hydrogen-bond donors (Lipinski definition) is 1. The molecule has 1 N–H and O–H groups in total. The van der Waals surface area contributed by atoms with Crippen molar-refractivity contribution in [3.8, 4) is 0 Å². The van der Waals surface area contributed by atoms with Crippen LogP contribution in [0.1, 0.15) is 20.8 Å². The molecular formula is C21H21N3O3S. The smallest absolute Gasteiger partial charge is 0.255 e. The molecule has 2 aromatic heterocycles. The van der Waals surface area contributed by atoms with Gasteiger partial charge in [-0.1, -0.05) is 22.9 Å². The number of allylic oxidation sites excluding steroid dienone is 5. The van der Waals surface area contributed by atoms with Gasteiger partial charge >= 0.3 is 0 Å². The van der Waals surface area contributed by atoms with Crippen LogP contribution < -0.4 is 10.3 Å². The van der Waals surface area contributed by atoms with Crippen LogP contribution in [0.15, 0.2) is 86.8 Å². The van der Waals surface area contributed by atoms with Gasteiger partial charge in [-0.25, -0.2) is 4.21 Å². The summed E-state index contributed by atoms with van der Waals surface area (Å²) in [6, 6.07) is 10.1. The molecule has 1 unspecified atom stereocenters. The average molecular weight is 395 g/mol. The summed E-state index contributed by atoms with van der Waals surface area (Å²) in [5.41, 5.74) is 3.46. The van der Waals surface area contributed by atoms with E-state index >= 15 is 0 Å². The van der Waals surface area contributed by atoms with Gasteiger partial charge in [0.25, 0.3) is 5.56 Å². The first-order valence-electron chi connectivity index (χ1n) is 8.64. The maximum Gasteiger partial charge on any atom is 0.255 e. The van der Waals surface area contributed by atoms with E-state index in [1.807, 2.05) is 26.8 Å². The molecule has 1 atom stereocenters. The van der Waals surface area contributed by atoms with Crippen LogP contribution in [0.2, 0.25) is 0 Å². The first-order valence-corrected chi connectivity index (χ1v) is 9.79. The third-order valence-electron chi connectivity index (χ3n) is 4.34. The highest BCUT2D eigenvalue weighted by Crippen LogP contribution is 2.21.